The molecule has 0 radical (unpaired) electrons. The van der Waals surface area contributed by atoms with E-state index in [2.05, 4.69) is 17.1 Å². The van der Waals surface area contributed by atoms with Crippen molar-refractivity contribution in [1.82, 2.24) is 4.98 Å². The molecule has 3 rings (SSSR count). The van der Waals surface area contributed by atoms with Crippen LogP contribution in [-0.2, 0) is 0 Å². The number of aliphatic hydroxyl groups excluding tert-OH is 2. The predicted octanol–water partition coefficient (Wildman–Crippen LogP) is 2.53. The average Bonchev–Trinajstić information content (AvgIpc) is 2.79. The largest absolute Gasteiger partial charge is 0.395 e. The van der Waals surface area contributed by atoms with E-state index in [1.807, 2.05) is 54.6 Å². The number of hydrogen-bond acceptors (Lipinski definition) is 7. The van der Waals surface area contributed by atoms with E-state index in [-0.39, 0.29) is 49.1 Å². The molecule has 150 valence electrons. The molecule has 0 saturated carbocycles. The van der Waals surface area contributed by atoms with Gasteiger partial charge in [-0.1, -0.05) is 48.5 Å². The summed E-state index contributed by atoms with van der Waals surface area (Å²) in [4.78, 5) is 5.84. The lowest BCUT2D eigenvalue weighted by Gasteiger charge is -2.25. The molecule has 0 amide bonds. The molecule has 0 spiro atoms. The van der Waals surface area contributed by atoms with E-state index in [0.29, 0.717) is 11.1 Å². The van der Waals surface area contributed by atoms with E-state index in [4.69, 9.17) is 5.73 Å². The molecule has 7 nitrogen and oxygen atoms in total. The Balaban J connectivity index is 2.26. The van der Waals surface area contributed by atoms with Gasteiger partial charge in [0.05, 0.1) is 13.2 Å². The number of anilines is 2. The van der Waals surface area contributed by atoms with E-state index in [1.54, 1.807) is 4.90 Å². The monoisotopic (exact) mass is 399 g/mol. The number of hydrogen-bond donors (Lipinski definition) is 3. The summed E-state index contributed by atoms with van der Waals surface area (Å²) in [5, 5.41) is 38.5. The summed E-state index contributed by atoms with van der Waals surface area (Å²) in [7, 11) is 0. The second-order valence-corrected chi connectivity index (χ2v) is 6.55. The van der Waals surface area contributed by atoms with Gasteiger partial charge in [0, 0.05) is 18.7 Å². The van der Waals surface area contributed by atoms with Gasteiger partial charge in [0.2, 0.25) is 0 Å². The first-order chi connectivity index (χ1) is 14.6. The smallest absolute Gasteiger partial charge is 0.149 e. The number of nitrogen functional groups attached to an aromatic ring is 1. The van der Waals surface area contributed by atoms with Crippen molar-refractivity contribution >= 4 is 11.6 Å². The van der Waals surface area contributed by atoms with Gasteiger partial charge < -0.3 is 20.8 Å². The van der Waals surface area contributed by atoms with Crippen LogP contribution in [-0.4, -0.2) is 41.5 Å². The van der Waals surface area contributed by atoms with Crippen molar-refractivity contribution in [2.45, 2.75) is 0 Å². The number of rotatable bonds is 7. The minimum atomic E-state index is -0.189. The third-order valence-electron chi connectivity index (χ3n) is 4.73. The molecule has 0 fully saturated rings. The Morgan fingerprint density at radius 2 is 1.43 bits per heavy atom. The fraction of sp³-hybridized carbons (Fsp3) is 0.174. The third kappa shape index (κ3) is 4.08. The van der Waals surface area contributed by atoms with Gasteiger partial charge in [0.1, 0.15) is 34.9 Å². The van der Waals surface area contributed by atoms with E-state index < -0.39 is 0 Å². The lowest BCUT2D eigenvalue weighted by molar-refractivity contribution is 0.280. The molecular formula is C23H21N5O2. The number of pyridine rings is 1. The molecular weight excluding hydrogens is 378 g/mol. The van der Waals surface area contributed by atoms with Gasteiger partial charge in [-0.2, -0.15) is 10.5 Å². The molecule has 30 heavy (non-hydrogen) atoms. The predicted molar refractivity (Wildman–Crippen MR) is 115 cm³/mol. The average molecular weight is 399 g/mol. The summed E-state index contributed by atoms with van der Waals surface area (Å²) in [5.74, 6) is 0.227. The molecule has 4 N–H and O–H groups in total. The van der Waals surface area contributed by atoms with E-state index in [0.717, 1.165) is 11.1 Å². The minimum absolute atomic E-state index is 0.00695. The zero-order valence-corrected chi connectivity index (χ0v) is 16.3. The van der Waals surface area contributed by atoms with Gasteiger partial charge in [0.25, 0.3) is 0 Å². The fourth-order valence-electron chi connectivity index (χ4n) is 3.38. The molecule has 0 saturated heterocycles. The first kappa shape index (κ1) is 20.8. The van der Waals surface area contributed by atoms with Crippen LogP contribution in [0.4, 0.5) is 11.6 Å². The number of aliphatic hydroxyl groups is 2. The van der Waals surface area contributed by atoms with Crippen LogP contribution in [0.15, 0.2) is 54.6 Å². The van der Waals surface area contributed by atoms with Crippen LogP contribution >= 0.6 is 0 Å². The van der Waals surface area contributed by atoms with E-state index in [9.17, 15) is 20.7 Å². The Labute approximate surface area is 174 Å². The van der Waals surface area contributed by atoms with Gasteiger partial charge >= 0.3 is 0 Å². The number of nitrogens with zero attached hydrogens (tertiary/aromatic N) is 4. The Hall–Kier alpha value is -3.91. The summed E-state index contributed by atoms with van der Waals surface area (Å²) >= 11 is 0. The van der Waals surface area contributed by atoms with Gasteiger partial charge in [0.15, 0.2) is 0 Å². The number of nitrogens with two attached hydrogens (primary N) is 1. The van der Waals surface area contributed by atoms with Crippen LogP contribution < -0.4 is 10.6 Å². The zero-order valence-electron chi connectivity index (χ0n) is 16.3. The van der Waals surface area contributed by atoms with Crippen molar-refractivity contribution in [3.63, 3.8) is 0 Å². The van der Waals surface area contributed by atoms with E-state index in [1.165, 1.54) is 0 Å². The molecule has 0 aliphatic heterocycles. The Kier molecular flexibility index (Phi) is 6.61. The number of aromatic nitrogens is 1. The zero-order chi connectivity index (χ0) is 21.5. The summed E-state index contributed by atoms with van der Waals surface area (Å²) in [6.07, 6.45) is 0. The first-order valence-corrected chi connectivity index (χ1v) is 9.40. The van der Waals surface area contributed by atoms with Crippen LogP contribution in [0.25, 0.3) is 22.3 Å². The Morgan fingerprint density at radius 3 is 2.03 bits per heavy atom. The summed E-state index contributed by atoms with van der Waals surface area (Å²) in [6.45, 7) is -0.0509. The van der Waals surface area contributed by atoms with Crippen LogP contribution in [0.3, 0.4) is 0 Å². The van der Waals surface area contributed by atoms with Gasteiger partial charge in [-0.05, 0) is 22.8 Å². The van der Waals surface area contributed by atoms with Crippen molar-refractivity contribution in [1.29, 1.82) is 10.5 Å². The van der Waals surface area contributed by atoms with Crippen molar-refractivity contribution < 1.29 is 10.2 Å². The fourth-order valence-corrected chi connectivity index (χ4v) is 3.38. The molecule has 7 heteroatoms. The maximum absolute atomic E-state index is 9.95. The van der Waals surface area contributed by atoms with Gasteiger partial charge in [-0.25, -0.2) is 4.98 Å². The lowest BCUT2D eigenvalue weighted by Crippen LogP contribution is -2.31. The molecule has 0 bridgehead atoms. The highest BCUT2D eigenvalue weighted by Gasteiger charge is 2.23. The standard InChI is InChI=1S/C23H21N5O2/c24-14-19-21(18-8-4-7-17(13-18)16-5-2-1-3-6-16)20(15-25)23(27-22(19)26)28(9-11-29)10-12-30/h1-8,13,29-30H,9-12H2,(H2,26,27). The minimum Gasteiger partial charge on any atom is -0.395 e. The molecule has 3 aromatic rings. The molecule has 1 heterocycles. The second kappa shape index (κ2) is 9.53. The maximum Gasteiger partial charge on any atom is 0.149 e. The molecule has 1 aromatic heterocycles. The highest BCUT2D eigenvalue weighted by molar-refractivity contribution is 5.87. The topological polar surface area (TPSA) is 130 Å². The second-order valence-electron chi connectivity index (χ2n) is 6.55. The van der Waals surface area contributed by atoms with Crippen LogP contribution in [0.1, 0.15) is 11.1 Å². The number of nitriles is 2. The first-order valence-electron chi connectivity index (χ1n) is 9.40. The van der Waals surface area contributed by atoms with Crippen molar-refractivity contribution in [2.24, 2.45) is 0 Å². The molecule has 0 atom stereocenters. The lowest BCUT2D eigenvalue weighted by atomic mass is 9.93. The van der Waals surface area contributed by atoms with Gasteiger partial charge in [-0.15, -0.1) is 0 Å². The Bertz CT molecular complexity index is 1110. The van der Waals surface area contributed by atoms with Crippen LogP contribution in [0.5, 0.6) is 0 Å². The highest BCUT2D eigenvalue weighted by atomic mass is 16.3. The van der Waals surface area contributed by atoms with Gasteiger partial charge in [-0.3, -0.25) is 0 Å². The highest BCUT2D eigenvalue weighted by Crippen LogP contribution is 2.37. The van der Waals surface area contributed by atoms with Crippen LogP contribution in [0, 0.1) is 22.7 Å². The summed E-state index contributed by atoms with van der Waals surface area (Å²) in [6, 6.07) is 21.5. The van der Waals surface area contributed by atoms with E-state index >= 15 is 0 Å². The van der Waals surface area contributed by atoms with Crippen molar-refractivity contribution in [3.8, 4) is 34.4 Å². The van der Waals surface area contributed by atoms with Crippen molar-refractivity contribution in [2.75, 3.05) is 36.9 Å². The molecule has 0 aliphatic carbocycles. The van der Waals surface area contributed by atoms with Crippen molar-refractivity contribution in [3.05, 3.63) is 65.7 Å². The Morgan fingerprint density at radius 1 is 0.833 bits per heavy atom. The third-order valence-corrected chi connectivity index (χ3v) is 4.73. The summed E-state index contributed by atoms with van der Waals surface area (Å²) < 4.78 is 0. The SMILES string of the molecule is N#Cc1c(N)nc(N(CCO)CCO)c(C#N)c1-c1cccc(-c2ccccc2)c1. The quantitative estimate of drug-likeness (QED) is 0.556. The number of benzene rings is 2. The van der Waals surface area contributed by atoms with Crippen LogP contribution in [0.2, 0.25) is 0 Å². The maximum atomic E-state index is 9.95. The molecule has 0 unspecified atom stereocenters. The summed E-state index contributed by atoms with van der Waals surface area (Å²) in [5.41, 5.74) is 9.35. The normalized spacial score (nSPS) is 10.3. The molecule has 0 aliphatic rings. The molecule has 2 aromatic carbocycles.